The average Bonchev–Trinajstić information content (AvgIpc) is 3.62. The Hall–Kier alpha value is -3.43. The van der Waals surface area contributed by atoms with Crippen LogP contribution in [0.4, 0.5) is 0 Å². The summed E-state index contributed by atoms with van der Waals surface area (Å²) in [5.74, 6) is -1.74. The molecule has 1 aliphatic rings. The van der Waals surface area contributed by atoms with Gasteiger partial charge in [0.05, 0.1) is 36.8 Å². The van der Waals surface area contributed by atoms with Gasteiger partial charge < -0.3 is 35.2 Å². The number of carbonyl (C=O) groups is 5. The molecule has 1 fully saturated rings. The smallest absolute Gasteiger partial charge is 0.245 e. The highest BCUT2D eigenvalue weighted by Crippen LogP contribution is 2.28. The average molecular weight is 830 g/mol. The Morgan fingerprint density at radius 3 is 2.02 bits per heavy atom. The Morgan fingerprint density at radius 1 is 0.847 bits per heavy atom. The summed E-state index contributed by atoms with van der Waals surface area (Å²) in [6, 6.07) is 7.06. The van der Waals surface area contributed by atoms with Crippen LogP contribution < -0.4 is 16.0 Å². The van der Waals surface area contributed by atoms with Crippen LogP contribution >= 0.6 is 0 Å². The number of ether oxygens (including phenoxy) is 2. The van der Waals surface area contributed by atoms with Gasteiger partial charge in [0.15, 0.2) is 0 Å². The molecule has 0 bridgehead atoms. The number of methoxy groups -OCH3 is 2. The van der Waals surface area contributed by atoms with Gasteiger partial charge >= 0.3 is 0 Å². The number of likely N-dealkylation sites (tertiary alicyclic amines) is 1. The fraction of sp³-hybridized carbons (Fsp3) is 0.756. The lowest BCUT2D eigenvalue weighted by Crippen LogP contribution is -2.59. The van der Waals surface area contributed by atoms with Gasteiger partial charge in [-0.05, 0) is 70.9 Å². The highest BCUT2D eigenvalue weighted by atomic mass is 16.5. The van der Waals surface area contributed by atoms with E-state index in [0.717, 1.165) is 24.8 Å². The van der Waals surface area contributed by atoms with E-state index in [1.807, 2.05) is 103 Å². The lowest BCUT2D eigenvalue weighted by Gasteiger charge is -2.40. The molecule has 1 aromatic rings. The first kappa shape index (κ1) is 51.7. The number of amides is 4. The Morgan fingerprint density at radius 2 is 1.49 bits per heavy atom. The third-order valence-corrected chi connectivity index (χ3v) is 11.9. The molecular formula is C45H79N7O7. The lowest BCUT2D eigenvalue weighted by molar-refractivity contribution is -0.144. The molecule has 3 N–H and O–H groups in total. The topological polar surface area (TPSA) is 153 Å². The molecule has 14 nitrogen and oxygen atoms in total. The molecule has 2 rings (SSSR count). The van der Waals surface area contributed by atoms with E-state index in [-0.39, 0.29) is 66.2 Å². The number of Topliss-reactive ketones (excluding diaryl/α,β-unsaturated/α-hetero) is 1. The first-order valence-corrected chi connectivity index (χ1v) is 21.6. The Labute approximate surface area is 355 Å². The molecule has 1 saturated heterocycles. The summed E-state index contributed by atoms with van der Waals surface area (Å²) in [5, 5.41) is 9.02. The highest BCUT2D eigenvalue weighted by molar-refractivity contribution is 5.90. The molecule has 0 saturated carbocycles. The number of nitrogens with one attached hydrogen (secondary N) is 3. The summed E-state index contributed by atoms with van der Waals surface area (Å²) >= 11 is 0. The zero-order chi connectivity index (χ0) is 44.6. The normalized spacial score (nSPS) is 18.8. The van der Waals surface area contributed by atoms with E-state index in [2.05, 4.69) is 34.7 Å². The molecule has 0 spiro atoms. The molecule has 14 heteroatoms. The van der Waals surface area contributed by atoms with Crippen molar-refractivity contribution in [2.45, 2.75) is 123 Å². The molecule has 9 atom stereocenters. The number of hydrogen-bond acceptors (Lipinski definition) is 10. The molecular weight excluding hydrogens is 751 g/mol. The van der Waals surface area contributed by atoms with Crippen molar-refractivity contribution >= 4 is 29.4 Å². The Balaban J connectivity index is 2.23. The zero-order valence-electron chi connectivity index (χ0n) is 38.7. The van der Waals surface area contributed by atoms with Crippen LogP contribution in [0.15, 0.2) is 30.3 Å². The molecule has 1 aliphatic heterocycles. The number of hydrogen-bond donors (Lipinski definition) is 3. The molecule has 1 heterocycles. The van der Waals surface area contributed by atoms with Crippen LogP contribution in [0.3, 0.4) is 0 Å². The summed E-state index contributed by atoms with van der Waals surface area (Å²) < 4.78 is 12.0. The van der Waals surface area contributed by atoms with Gasteiger partial charge in [-0.2, -0.15) is 0 Å². The maximum absolute atomic E-state index is 14.2. The van der Waals surface area contributed by atoms with E-state index in [1.165, 1.54) is 0 Å². The minimum atomic E-state index is -0.773. The summed E-state index contributed by atoms with van der Waals surface area (Å²) in [4.78, 5) is 76.6. The maximum Gasteiger partial charge on any atom is 0.245 e. The molecule has 4 amide bonds. The zero-order valence-corrected chi connectivity index (χ0v) is 38.7. The Kier molecular flexibility index (Phi) is 22.2. The highest BCUT2D eigenvalue weighted by Gasteiger charge is 2.41. The maximum atomic E-state index is 14.2. The standard InChI is InChI=1S/C45H79N7O7/c1-15-31(6)40(51(12)45(57)38(29(2)3)48-44(56)39(30(4)5)50(10)11)37(58-13)27-34(53)28-52-24-19-22-36(52)41(59-14)32(7)42(54)47-35(26-33-20-17-16-18-21-33)43(55)46-23-25-49(8)9/h16-18,20-21,29-32,35-41H,15,19,22-28H2,1-14H3,(H,46,55)(H,47,54)(H,48,56)/t31?,32?,35?,36?,37?,38-,39?,40?,41?/m0/s1. The molecule has 1 aromatic carbocycles. The minimum Gasteiger partial charge on any atom is -0.379 e. The second-order valence-corrected chi connectivity index (χ2v) is 17.7. The van der Waals surface area contributed by atoms with Crippen LogP contribution in [0.2, 0.25) is 0 Å². The van der Waals surface area contributed by atoms with Gasteiger partial charge in [-0.15, -0.1) is 0 Å². The third kappa shape index (κ3) is 15.5. The van der Waals surface area contributed by atoms with E-state index < -0.39 is 42.3 Å². The van der Waals surface area contributed by atoms with Crippen molar-refractivity contribution in [1.82, 2.24) is 35.6 Å². The van der Waals surface area contributed by atoms with Crippen LogP contribution in [0.5, 0.6) is 0 Å². The largest absolute Gasteiger partial charge is 0.379 e. The summed E-state index contributed by atoms with van der Waals surface area (Å²) in [7, 11) is 12.5. The molecule has 336 valence electrons. The van der Waals surface area contributed by atoms with Crippen molar-refractivity contribution in [2.24, 2.45) is 23.7 Å². The number of carbonyl (C=O) groups excluding carboxylic acids is 5. The minimum absolute atomic E-state index is 0.00653. The van der Waals surface area contributed by atoms with Crippen LogP contribution in [-0.4, -0.2) is 167 Å². The van der Waals surface area contributed by atoms with Crippen molar-refractivity contribution in [3.05, 3.63) is 35.9 Å². The van der Waals surface area contributed by atoms with E-state index in [9.17, 15) is 24.0 Å². The van der Waals surface area contributed by atoms with Gasteiger partial charge in [-0.1, -0.05) is 85.2 Å². The predicted molar refractivity (Wildman–Crippen MR) is 234 cm³/mol. The van der Waals surface area contributed by atoms with E-state index in [4.69, 9.17) is 9.47 Å². The number of rotatable bonds is 26. The van der Waals surface area contributed by atoms with Gasteiger partial charge in [0, 0.05) is 53.2 Å². The molecule has 0 aliphatic carbocycles. The van der Waals surface area contributed by atoms with Gasteiger partial charge in [0.1, 0.15) is 17.9 Å². The van der Waals surface area contributed by atoms with Crippen LogP contribution in [0.1, 0.15) is 79.7 Å². The Bertz CT molecular complexity index is 1450. The molecule has 8 unspecified atom stereocenters. The van der Waals surface area contributed by atoms with Crippen LogP contribution in [0.25, 0.3) is 0 Å². The summed E-state index contributed by atoms with van der Waals surface area (Å²) in [6.07, 6.45) is 1.64. The molecule has 59 heavy (non-hydrogen) atoms. The monoisotopic (exact) mass is 830 g/mol. The number of nitrogens with zero attached hydrogens (tertiary/aromatic N) is 4. The quantitative estimate of drug-likeness (QED) is 0.127. The summed E-state index contributed by atoms with van der Waals surface area (Å²) in [5.41, 5.74) is 0.934. The van der Waals surface area contributed by atoms with Gasteiger partial charge in [-0.3, -0.25) is 33.8 Å². The van der Waals surface area contributed by atoms with Crippen LogP contribution in [-0.2, 0) is 39.9 Å². The van der Waals surface area contributed by atoms with Crippen molar-refractivity contribution in [3.63, 3.8) is 0 Å². The molecule has 0 radical (unpaired) electrons. The first-order valence-electron chi connectivity index (χ1n) is 21.6. The van der Waals surface area contributed by atoms with Crippen molar-refractivity contribution < 1.29 is 33.4 Å². The first-order chi connectivity index (χ1) is 27.8. The number of benzene rings is 1. The number of likely N-dealkylation sites (N-methyl/N-ethyl adjacent to an activating group) is 3. The lowest BCUT2D eigenvalue weighted by atomic mass is 9.89. The fourth-order valence-electron chi connectivity index (χ4n) is 8.50. The van der Waals surface area contributed by atoms with Crippen molar-refractivity contribution in [3.8, 4) is 0 Å². The number of ketones is 1. The van der Waals surface area contributed by atoms with E-state index in [0.29, 0.717) is 26.1 Å². The van der Waals surface area contributed by atoms with Crippen molar-refractivity contribution in [2.75, 3.05) is 75.6 Å². The molecule has 0 aromatic heterocycles. The SMILES string of the molecule is CCC(C)C(C(CC(=O)CN1CCCC1C(OC)C(C)C(=O)NC(Cc1ccccc1)C(=O)NCCN(C)C)OC)N(C)C(=O)[C@@H](NC(=O)C(C(C)C)N(C)C)C(C)C. The summed E-state index contributed by atoms with van der Waals surface area (Å²) in [6.45, 7) is 15.7. The van der Waals surface area contributed by atoms with Gasteiger partial charge in [0.25, 0.3) is 0 Å². The van der Waals surface area contributed by atoms with Gasteiger partial charge in [-0.25, -0.2) is 0 Å². The van der Waals surface area contributed by atoms with Crippen LogP contribution in [0, 0.1) is 23.7 Å². The third-order valence-electron chi connectivity index (χ3n) is 11.9. The van der Waals surface area contributed by atoms with E-state index >= 15 is 0 Å². The second-order valence-electron chi connectivity index (χ2n) is 17.7. The second kappa shape index (κ2) is 25.4. The predicted octanol–water partition coefficient (Wildman–Crippen LogP) is 3.08. The van der Waals surface area contributed by atoms with Gasteiger partial charge in [0.2, 0.25) is 23.6 Å². The van der Waals surface area contributed by atoms with Crippen molar-refractivity contribution in [1.29, 1.82) is 0 Å². The van der Waals surface area contributed by atoms with E-state index in [1.54, 1.807) is 26.2 Å². The fourth-order valence-corrected chi connectivity index (χ4v) is 8.50.